The lowest BCUT2D eigenvalue weighted by Crippen LogP contribution is -2.40. The van der Waals surface area contributed by atoms with E-state index < -0.39 is 16.3 Å². The highest BCUT2D eigenvalue weighted by atomic mass is 32.2. The minimum absolute atomic E-state index is 0.0419. The molecule has 37 heavy (non-hydrogen) atoms. The second-order valence-corrected chi connectivity index (χ2v) is 11.9. The van der Waals surface area contributed by atoms with Crippen LogP contribution in [0.3, 0.4) is 0 Å². The van der Waals surface area contributed by atoms with Crippen molar-refractivity contribution in [2.75, 3.05) is 46.5 Å². The van der Waals surface area contributed by atoms with E-state index in [0.717, 1.165) is 38.8 Å². The summed E-state index contributed by atoms with van der Waals surface area (Å²) in [7, 11) is -2.32. The number of benzene rings is 1. The van der Waals surface area contributed by atoms with Crippen LogP contribution >= 0.6 is 0 Å². The lowest BCUT2D eigenvalue weighted by Gasteiger charge is -2.33. The van der Waals surface area contributed by atoms with E-state index in [1.165, 1.54) is 30.0 Å². The Morgan fingerprint density at radius 1 is 1.11 bits per heavy atom. The van der Waals surface area contributed by atoms with Gasteiger partial charge in [-0.05, 0) is 55.0 Å². The predicted molar refractivity (Wildman–Crippen MR) is 140 cm³/mol. The van der Waals surface area contributed by atoms with Crippen molar-refractivity contribution in [2.24, 2.45) is 11.8 Å². The molecule has 1 fully saturated rings. The highest BCUT2D eigenvalue weighted by molar-refractivity contribution is 7.89. The lowest BCUT2D eigenvalue weighted by atomic mass is 9.90. The van der Waals surface area contributed by atoms with Crippen molar-refractivity contribution >= 4 is 15.9 Å². The van der Waals surface area contributed by atoms with Crippen molar-refractivity contribution in [2.45, 2.75) is 63.6 Å². The van der Waals surface area contributed by atoms with Crippen molar-refractivity contribution in [3.8, 4) is 5.75 Å². The van der Waals surface area contributed by atoms with Crippen LogP contribution in [0.5, 0.6) is 5.75 Å². The van der Waals surface area contributed by atoms with E-state index in [2.05, 4.69) is 13.8 Å². The standard InChI is InChI=1S/C27H42N2O7S/c1-21(2)22-19-25(27(31)28-13-7-5-4-6-8-14-28)36-26(20-22)35-18-16-29(15-17-30)37(32,33)24-11-9-23(34-3)10-12-24/h9-12,19,21-22,26,30H,4-8,13-18,20H2,1-3H3. The van der Waals surface area contributed by atoms with Crippen LogP contribution < -0.4 is 4.74 Å². The first-order valence-electron chi connectivity index (χ1n) is 13.3. The van der Waals surface area contributed by atoms with Gasteiger partial charge in [0.05, 0.1) is 25.2 Å². The van der Waals surface area contributed by atoms with E-state index in [1.807, 2.05) is 11.0 Å². The Balaban J connectivity index is 1.64. The van der Waals surface area contributed by atoms with E-state index in [9.17, 15) is 18.3 Å². The van der Waals surface area contributed by atoms with Gasteiger partial charge in [-0.3, -0.25) is 4.79 Å². The van der Waals surface area contributed by atoms with Crippen molar-refractivity contribution in [1.29, 1.82) is 0 Å². The molecule has 0 aliphatic carbocycles. The third-order valence-corrected chi connectivity index (χ3v) is 8.90. The van der Waals surface area contributed by atoms with Gasteiger partial charge in [0.1, 0.15) is 5.75 Å². The molecule has 0 saturated carbocycles. The molecule has 0 spiro atoms. The maximum Gasteiger partial charge on any atom is 0.288 e. The lowest BCUT2D eigenvalue weighted by molar-refractivity contribution is -0.156. The maximum atomic E-state index is 13.3. The van der Waals surface area contributed by atoms with Crippen molar-refractivity contribution in [1.82, 2.24) is 9.21 Å². The zero-order valence-electron chi connectivity index (χ0n) is 22.3. The highest BCUT2D eigenvalue weighted by Crippen LogP contribution is 2.30. The number of aliphatic hydroxyl groups excluding tert-OH is 1. The van der Waals surface area contributed by atoms with Gasteiger partial charge in [0.25, 0.3) is 5.91 Å². The molecule has 208 valence electrons. The molecular formula is C27H42N2O7S. The molecule has 2 heterocycles. The van der Waals surface area contributed by atoms with Crippen LogP contribution in [0.1, 0.15) is 52.4 Å². The first-order chi connectivity index (χ1) is 17.8. The summed E-state index contributed by atoms with van der Waals surface area (Å²) < 4.78 is 44.6. The van der Waals surface area contributed by atoms with Crippen LogP contribution in [-0.4, -0.2) is 81.4 Å². The zero-order chi connectivity index (χ0) is 26.8. The summed E-state index contributed by atoms with van der Waals surface area (Å²) in [6.45, 7) is 5.40. The van der Waals surface area contributed by atoms with Crippen molar-refractivity contribution < 1.29 is 32.5 Å². The summed E-state index contributed by atoms with van der Waals surface area (Å²) in [5, 5.41) is 9.49. The monoisotopic (exact) mass is 538 g/mol. The average Bonchev–Trinajstić information content (AvgIpc) is 2.87. The van der Waals surface area contributed by atoms with Crippen LogP contribution in [0.15, 0.2) is 41.0 Å². The second-order valence-electron chi connectivity index (χ2n) is 9.96. The van der Waals surface area contributed by atoms with E-state index in [1.54, 1.807) is 12.1 Å². The van der Waals surface area contributed by atoms with Crippen LogP contribution in [-0.2, 0) is 24.3 Å². The number of methoxy groups -OCH3 is 1. The number of amides is 1. The summed E-state index contributed by atoms with van der Waals surface area (Å²) in [5.74, 6) is 1.20. The van der Waals surface area contributed by atoms with E-state index in [4.69, 9.17) is 14.2 Å². The van der Waals surface area contributed by atoms with Crippen LogP contribution in [0.25, 0.3) is 0 Å². The van der Waals surface area contributed by atoms with Gasteiger partial charge in [0.15, 0.2) is 5.76 Å². The predicted octanol–water partition coefficient (Wildman–Crippen LogP) is 3.39. The summed E-state index contributed by atoms with van der Waals surface area (Å²) >= 11 is 0. The van der Waals surface area contributed by atoms with Crippen molar-refractivity contribution in [3.63, 3.8) is 0 Å². The molecule has 2 atom stereocenters. The Kier molecular flexibility index (Phi) is 11.2. The topological polar surface area (TPSA) is 106 Å². The molecule has 2 aliphatic rings. The molecule has 0 aromatic heterocycles. The molecule has 3 rings (SSSR count). The Morgan fingerprint density at radius 2 is 1.76 bits per heavy atom. The molecule has 0 bridgehead atoms. The minimum Gasteiger partial charge on any atom is -0.497 e. The number of hydrogen-bond donors (Lipinski definition) is 1. The summed E-state index contributed by atoms with van der Waals surface area (Å²) in [6, 6.07) is 6.12. The second kappa shape index (κ2) is 14.1. The number of hydrogen-bond acceptors (Lipinski definition) is 7. The fourth-order valence-electron chi connectivity index (χ4n) is 4.65. The van der Waals surface area contributed by atoms with Crippen molar-refractivity contribution in [3.05, 3.63) is 36.1 Å². The van der Waals surface area contributed by atoms with Gasteiger partial charge in [-0.2, -0.15) is 4.31 Å². The smallest absolute Gasteiger partial charge is 0.288 e. The van der Waals surface area contributed by atoms with E-state index in [-0.39, 0.29) is 43.0 Å². The number of rotatable bonds is 11. The first-order valence-corrected chi connectivity index (χ1v) is 14.7. The molecular weight excluding hydrogens is 496 g/mol. The SMILES string of the molecule is COc1ccc(S(=O)(=O)N(CCO)CCOC2CC(C(C)C)C=C(C(=O)N3CCCCCCC3)O2)cc1. The van der Waals surface area contributed by atoms with E-state index in [0.29, 0.717) is 23.8 Å². The molecule has 1 aromatic carbocycles. The zero-order valence-corrected chi connectivity index (χ0v) is 23.1. The molecule has 1 N–H and O–H groups in total. The Morgan fingerprint density at radius 3 is 2.35 bits per heavy atom. The Hall–Kier alpha value is -2.14. The van der Waals surface area contributed by atoms with Gasteiger partial charge in [-0.1, -0.05) is 33.1 Å². The third-order valence-electron chi connectivity index (χ3n) is 6.99. The largest absolute Gasteiger partial charge is 0.497 e. The van der Waals surface area contributed by atoms with Gasteiger partial charge >= 0.3 is 0 Å². The fraction of sp³-hybridized carbons (Fsp3) is 0.667. The first kappa shape index (κ1) is 29.4. The third kappa shape index (κ3) is 8.17. The highest BCUT2D eigenvalue weighted by Gasteiger charge is 2.32. The van der Waals surface area contributed by atoms with E-state index >= 15 is 0 Å². The average molecular weight is 539 g/mol. The maximum absolute atomic E-state index is 13.3. The van der Waals surface area contributed by atoms with Crippen LogP contribution in [0, 0.1) is 11.8 Å². The summed E-state index contributed by atoms with van der Waals surface area (Å²) in [6.07, 6.45) is 7.34. The number of ether oxygens (including phenoxy) is 3. The van der Waals surface area contributed by atoms with Crippen LogP contribution in [0.4, 0.5) is 0 Å². The van der Waals surface area contributed by atoms with Gasteiger partial charge in [-0.15, -0.1) is 0 Å². The molecule has 1 aromatic rings. The van der Waals surface area contributed by atoms with Gasteiger partial charge in [0.2, 0.25) is 16.3 Å². The molecule has 9 nitrogen and oxygen atoms in total. The molecule has 10 heteroatoms. The van der Waals surface area contributed by atoms with Gasteiger partial charge in [-0.25, -0.2) is 8.42 Å². The minimum atomic E-state index is -3.84. The molecule has 2 unspecified atom stereocenters. The molecule has 1 amide bonds. The number of likely N-dealkylation sites (tertiary alicyclic amines) is 1. The number of carbonyl (C=O) groups is 1. The Labute approximate surface area is 221 Å². The quantitative estimate of drug-likeness (QED) is 0.460. The number of sulfonamides is 1. The number of nitrogens with zero attached hydrogens (tertiary/aromatic N) is 2. The van der Waals surface area contributed by atoms with Gasteiger partial charge in [0, 0.05) is 32.6 Å². The number of carbonyl (C=O) groups excluding carboxylic acids is 1. The summed E-state index contributed by atoms with van der Waals surface area (Å²) in [4.78, 5) is 15.3. The molecule has 2 aliphatic heterocycles. The molecule has 1 saturated heterocycles. The summed E-state index contributed by atoms with van der Waals surface area (Å²) in [5.41, 5.74) is 0. The number of allylic oxidation sites excluding steroid dienone is 1. The number of aliphatic hydroxyl groups is 1. The Bertz CT molecular complexity index is 987. The van der Waals surface area contributed by atoms with Gasteiger partial charge < -0.3 is 24.2 Å². The fourth-order valence-corrected chi connectivity index (χ4v) is 6.07. The molecule has 0 radical (unpaired) electrons. The normalized spacial score (nSPS) is 21.2. The van der Waals surface area contributed by atoms with Crippen LogP contribution in [0.2, 0.25) is 0 Å².